The van der Waals surface area contributed by atoms with Gasteiger partial charge in [0.1, 0.15) is 17.3 Å². The summed E-state index contributed by atoms with van der Waals surface area (Å²) in [7, 11) is 0. The number of rotatable bonds is 1. The van der Waals surface area contributed by atoms with Crippen LogP contribution in [-0.2, 0) is 0 Å². The van der Waals surface area contributed by atoms with E-state index < -0.39 is 23.6 Å². The molecule has 0 saturated heterocycles. The van der Waals surface area contributed by atoms with Crippen LogP contribution in [0.2, 0.25) is 0 Å². The predicted molar refractivity (Wildman–Crippen MR) is 38.3 cm³/mol. The van der Waals surface area contributed by atoms with Crippen LogP contribution in [0.1, 0.15) is 17.7 Å². The zero-order valence-corrected chi connectivity index (χ0v) is 6.26. The number of nitrogens with two attached hydrogens (primary N) is 1. The van der Waals surface area contributed by atoms with Crippen molar-refractivity contribution in [2.75, 3.05) is 5.73 Å². The van der Waals surface area contributed by atoms with E-state index in [0.717, 1.165) is 6.07 Å². The fourth-order valence-electron chi connectivity index (χ4n) is 0.773. The van der Waals surface area contributed by atoms with Gasteiger partial charge in [-0.2, -0.15) is 9.65 Å². The summed E-state index contributed by atoms with van der Waals surface area (Å²) < 4.78 is 36.8. The van der Waals surface area contributed by atoms with Gasteiger partial charge < -0.3 is 5.73 Å². The van der Waals surface area contributed by atoms with Crippen molar-refractivity contribution in [2.45, 2.75) is 6.43 Å². The van der Waals surface area contributed by atoms with Gasteiger partial charge in [-0.05, 0) is 6.07 Å². The van der Waals surface area contributed by atoms with Gasteiger partial charge in [0.15, 0.2) is 0 Å². The first kappa shape index (κ1) is 9.32. The van der Waals surface area contributed by atoms with Crippen LogP contribution in [0.15, 0.2) is 6.07 Å². The van der Waals surface area contributed by atoms with Crippen LogP contribution in [0.25, 0.3) is 0 Å². The maximum atomic E-state index is 12.7. The van der Waals surface area contributed by atoms with Gasteiger partial charge in [-0.25, -0.2) is 13.8 Å². The summed E-state index contributed by atoms with van der Waals surface area (Å²) in [6.45, 7) is 0. The van der Waals surface area contributed by atoms with E-state index in [1.807, 2.05) is 0 Å². The van der Waals surface area contributed by atoms with Crippen molar-refractivity contribution in [3.63, 3.8) is 0 Å². The van der Waals surface area contributed by atoms with Crippen LogP contribution < -0.4 is 5.73 Å². The maximum absolute atomic E-state index is 12.7. The van der Waals surface area contributed by atoms with Crippen molar-refractivity contribution in [1.82, 2.24) is 4.98 Å². The number of nitrogens with zero attached hydrogens (tertiary/aromatic N) is 2. The Morgan fingerprint density at radius 1 is 1.54 bits per heavy atom. The Kier molecular flexibility index (Phi) is 2.37. The van der Waals surface area contributed by atoms with E-state index in [1.54, 1.807) is 0 Å². The maximum Gasteiger partial charge on any atom is 0.282 e. The summed E-state index contributed by atoms with van der Waals surface area (Å²) in [5.74, 6) is -1.23. The Balaban J connectivity index is 3.31. The van der Waals surface area contributed by atoms with Gasteiger partial charge in [-0.15, -0.1) is 0 Å². The first-order chi connectivity index (χ1) is 6.06. The SMILES string of the molecule is N#Cc1cc(N)c(C(F)F)nc1F. The number of hydrogen-bond acceptors (Lipinski definition) is 3. The number of aromatic nitrogens is 1. The number of alkyl halides is 2. The highest BCUT2D eigenvalue weighted by atomic mass is 19.3. The Morgan fingerprint density at radius 2 is 2.15 bits per heavy atom. The molecule has 0 aliphatic rings. The topological polar surface area (TPSA) is 62.7 Å². The largest absolute Gasteiger partial charge is 0.397 e. The van der Waals surface area contributed by atoms with E-state index >= 15 is 0 Å². The number of nitrogen functional groups attached to an aromatic ring is 1. The fraction of sp³-hybridized carbons (Fsp3) is 0.143. The Hall–Kier alpha value is -1.77. The van der Waals surface area contributed by atoms with Gasteiger partial charge in [-0.3, -0.25) is 0 Å². The zero-order valence-electron chi connectivity index (χ0n) is 6.26. The van der Waals surface area contributed by atoms with Gasteiger partial charge >= 0.3 is 0 Å². The molecule has 0 fully saturated rings. The van der Waals surface area contributed by atoms with E-state index in [0.29, 0.717) is 0 Å². The molecule has 0 saturated carbocycles. The number of pyridine rings is 1. The van der Waals surface area contributed by atoms with E-state index in [4.69, 9.17) is 11.0 Å². The van der Waals surface area contributed by atoms with Crippen LogP contribution in [0.5, 0.6) is 0 Å². The average molecular weight is 187 g/mol. The highest BCUT2D eigenvalue weighted by molar-refractivity contribution is 5.48. The van der Waals surface area contributed by atoms with Crippen molar-refractivity contribution in [3.8, 4) is 6.07 Å². The van der Waals surface area contributed by atoms with Crippen molar-refractivity contribution < 1.29 is 13.2 Å². The van der Waals surface area contributed by atoms with Crippen LogP contribution in [0, 0.1) is 17.3 Å². The lowest BCUT2D eigenvalue weighted by atomic mass is 10.2. The molecular weight excluding hydrogens is 183 g/mol. The molecule has 6 heteroatoms. The van der Waals surface area contributed by atoms with E-state index in [-0.39, 0.29) is 5.69 Å². The first-order valence-electron chi connectivity index (χ1n) is 3.20. The molecule has 0 bridgehead atoms. The Labute approximate surface area is 71.6 Å². The van der Waals surface area contributed by atoms with Gasteiger partial charge in [0.25, 0.3) is 6.43 Å². The predicted octanol–water partition coefficient (Wildman–Crippen LogP) is 1.61. The molecule has 1 aromatic heterocycles. The molecular formula is C7H4F3N3. The lowest BCUT2D eigenvalue weighted by Gasteiger charge is -2.03. The molecule has 1 aromatic rings. The first-order valence-corrected chi connectivity index (χ1v) is 3.20. The van der Waals surface area contributed by atoms with Gasteiger partial charge in [-0.1, -0.05) is 0 Å². The minimum Gasteiger partial charge on any atom is -0.397 e. The van der Waals surface area contributed by atoms with E-state index in [9.17, 15) is 13.2 Å². The second-order valence-corrected chi connectivity index (χ2v) is 2.21. The summed E-state index contributed by atoms with van der Waals surface area (Å²) in [6.07, 6.45) is -2.94. The molecule has 0 aliphatic heterocycles. The molecule has 13 heavy (non-hydrogen) atoms. The fourth-order valence-corrected chi connectivity index (χ4v) is 0.773. The summed E-state index contributed by atoms with van der Waals surface area (Å²) in [5.41, 5.74) is 3.45. The van der Waals surface area contributed by atoms with Crippen molar-refractivity contribution in [2.24, 2.45) is 0 Å². The standard InChI is InChI=1S/C7H4F3N3/c8-6(9)5-4(12)1-3(2-11)7(10)13-5/h1,6H,12H2. The molecule has 1 heterocycles. The number of hydrogen-bond donors (Lipinski definition) is 1. The lowest BCUT2D eigenvalue weighted by molar-refractivity contribution is 0.145. The Morgan fingerprint density at radius 3 is 2.62 bits per heavy atom. The molecule has 1 rings (SSSR count). The minimum atomic E-state index is -2.94. The molecule has 3 nitrogen and oxygen atoms in total. The van der Waals surface area contributed by atoms with E-state index in [2.05, 4.69) is 4.98 Å². The van der Waals surface area contributed by atoms with Crippen molar-refractivity contribution >= 4 is 5.69 Å². The highest BCUT2D eigenvalue weighted by Crippen LogP contribution is 2.24. The third-order valence-corrected chi connectivity index (χ3v) is 1.36. The molecule has 0 spiro atoms. The molecule has 0 unspecified atom stereocenters. The Bertz CT molecular complexity index is 370. The monoisotopic (exact) mass is 187 g/mol. The van der Waals surface area contributed by atoms with Gasteiger partial charge in [0.2, 0.25) is 5.95 Å². The summed E-state index contributed by atoms with van der Waals surface area (Å²) >= 11 is 0. The molecule has 68 valence electrons. The quantitative estimate of drug-likeness (QED) is 0.679. The average Bonchev–Trinajstić information content (AvgIpc) is 2.07. The lowest BCUT2D eigenvalue weighted by Crippen LogP contribution is -2.02. The van der Waals surface area contributed by atoms with Crippen molar-refractivity contribution in [1.29, 1.82) is 5.26 Å². The highest BCUT2D eigenvalue weighted by Gasteiger charge is 2.16. The minimum absolute atomic E-state index is 0.382. The van der Waals surface area contributed by atoms with Crippen LogP contribution in [-0.4, -0.2) is 4.98 Å². The molecule has 0 atom stereocenters. The summed E-state index contributed by atoms with van der Waals surface area (Å²) in [6, 6.07) is 2.28. The second kappa shape index (κ2) is 3.31. The van der Waals surface area contributed by atoms with E-state index in [1.165, 1.54) is 6.07 Å². The summed E-state index contributed by atoms with van der Waals surface area (Å²) in [5, 5.41) is 8.30. The molecule has 0 aromatic carbocycles. The van der Waals surface area contributed by atoms with Crippen molar-refractivity contribution in [3.05, 3.63) is 23.3 Å². The van der Waals surface area contributed by atoms with Crippen LogP contribution in [0.3, 0.4) is 0 Å². The molecule has 0 aliphatic carbocycles. The normalized spacial score (nSPS) is 10.1. The number of anilines is 1. The summed E-state index contributed by atoms with van der Waals surface area (Å²) in [4.78, 5) is 2.88. The van der Waals surface area contributed by atoms with Crippen LogP contribution >= 0.6 is 0 Å². The van der Waals surface area contributed by atoms with Gasteiger partial charge in [0.05, 0.1) is 5.69 Å². The number of nitriles is 1. The molecule has 0 amide bonds. The molecule has 0 radical (unpaired) electrons. The number of halogens is 3. The van der Waals surface area contributed by atoms with Gasteiger partial charge in [0, 0.05) is 0 Å². The smallest absolute Gasteiger partial charge is 0.282 e. The second-order valence-electron chi connectivity index (χ2n) is 2.21. The third-order valence-electron chi connectivity index (χ3n) is 1.36. The molecule has 2 N–H and O–H groups in total. The third kappa shape index (κ3) is 1.69. The van der Waals surface area contributed by atoms with Crippen LogP contribution in [0.4, 0.5) is 18.9 Å². The zero-order chi connectivity index (χ0) is 10.0.